The minimum Gasteiger partial charge on any atom is -0.454 e. The molecule has 1 aliphatic rings. The Balaban J connectivity index is 1.75. The number of nitrogens with zero attached hydrogens (tertiary/aromatic N) is 2. The highest BCUT2D eigenvalue weighted by molar-refractivity contribution is 6.14. The predicted octanol–water partition coefficient (Wildman–Crippen LogP) is 8.51. The second kappa shape index (κ2) is 8.89. The number of benzene rings is 3. The van der Waals surface area contributed by atoms with Crippen LogP contribution in [0.2, 0.25) is 0 Å². The van der Waals surface area contributed by atoms with Gasteiger partial charge in [0.1, 0.15) is 18.2 Å². The van der Waals surface area contributed by atoms with E-state index in [2.05, 4.69) is 50.6 Å². The van der Waals surface area contributed by atoms with Crippen molar-refractivity contribution < 1.29 is 15.8 Å². The number of rotatable bonds is 3. The van der Waals surface area contributed by atoms with E-state index in [1.165, 1.54) is 42.5 Å². The second-order valence-corrected chi connectivity index (χ2v) is 10.4. The standard InChI is InChI=1S/C34H33N2O/c1-20-15-16-27-29-17-26(19-35)22(3)32(25-13-7-6-8-14-25)34(29)37-33(27)31(20)30-18-28(24-11-9-10-12-24)21(2)23(4)36(30)5/h6-8,13-18,24H,9-12H2,1-5H3/q+1/i6D,7D,8D,13D,14D. The first-order valence-corrected chi connectivity index (χ1v) is 12.9. The number of aryl methyl sites for hydroxylation is 1. The summed E-state index contributed by atoms with van der Waals surface area (Å²) in [6.07, 6.45) is 4.88. The molecule has 6 rings (SSSR count). The van der Waals surface area contributed by atoms with Crippen LogP contribution in [0, 0.1) is 39.0 Å². The molecule has 0 spiro atoms. The van der Waals surface area contributed by atoms with E-state index in [9.17, 15) is 5.26 Å². The Morgan fingerprint density at radius 2 is 1.62 bits per heavy atom. The average Bonchev–Trinajstić information content (AvgIpc) is 3.64. The van der Waals surface area contributed by atoms with E-state index >= 15 is 0 Å². The minimum absolute atomic E-state index is 0.0400. The lowest BCUT2D eigenvalue weighted by atomic mass is 9.90. The molecule has 2 heterocycles. The molecule has 3 aromatic carbocycles. The molecule has 0 amide bonds. The molecule has 1 fully saturated rings. The SMILES string of the molecule is [2H]c1c([2H])c([2H])c(-c2c(C)c(C#N)cc3c2oc2c(-c4cc(C5CCCC5)c(C)c(C)[n+]4C)c(C)ccc23)c([2H])c1[2H]. The van der Waals surface area contributed by atoms with Crippen molar-refractivity contribution >= 4 is 21.9 Å². The molecule has 37 heavy (non-hydrogen) atoms. The Morgan fingerprint density at radius 1 is 0.919 bits per heavy atom. The van der Waals surface area contributed by atoms with Gasteiger partial charge in [0, 0.05) is 34.9 Å². The lowest BCUT2D eigenvalue weighted by Crippen LogP contribution is -2.36. The fourth-order valence-corrected chi connectivity index (χ4v) is 6.17. The van der Waals surface area contributed by atoms with Crippen LogP contribution in [0.3, 0.4) is 0 Å². The Hall–Kier alpha value is -3.90. The van der Waals surface area contributed by atoms with Crippen molar-refractivity contribution in [3.8, 4) is 28.5 Å². The van der Waals surface area contributed by atoms with Gasteiger partial charge in [0.25, 0.3) is 0 Å². The van der Waals surface area contributed by atoms with E-state index in [1.807, 2.05) is 6.07 Å². The number of nitriles is 1. The van der Waals surface area contributed by atoms with Gasteiger partial charge in [-0.2, -0.15) is 9.83 Å². The third kappa shape index (κ3) is 3.58. The van der Waals surface area contributed by atoms with Crippen LogP contribution in [0.15, 0.2) is 58.9 Å². The van der Waals surface area contributed by atoms with E-state index in [-0.39, 0.29) is 17.6 Å². The number of hydrogen-bond donors (Lipinski definition) is 0. The van der Waals surface area contributed by atoms with Gasteiger partial charge in [-0.05, 0) is 67.9 Å². The van der Waals surface area contributed by atoms with Gasteiger partial charge in [-0.3, -0.25) is 0 Å². The number of fused-ring (bicyclic) bond motifs is 3. The lowest BCUT2D eigenvalue weighted by molar-refractivity contribution is -0.667. The van der Waals surface area contributed by atoms with Crippen LogP contribution in [0.4, 0.5) is 0 Å². The summed E-state index contributed by atoms with van der Waals surface area (Å²) in [5.41, 5.74) is 9.29. The molecule has 0 N–H and O–H groups in total. The van der Waals surface area contributed by atoms with Crippen molar-refractivity contribution in [2.45, 2.75) is 59.3 Å². The Kier molecular flexibility index (Phi) is 4.41. The van der Waals surface area contributed by atoms with Gasteiger partial charge in [-0.15, -0.1) is 0 Å². The molecule has 0 atom stereocenters. The van der Waals surface area contributed by atoms with Crippen LogP contribution in [0.1, 0.15) is 72.0 Å². The maximum absolute atomic E-state index is 10.1. The second-order valence-electron chi connectivity index (χ2n) is 10.4. The highest BCUT2D eigenvalue weighted by Crippen LogP contribution is 2.44. The fraction of sp³-hybridized carbons (Fsp3) is 0.294. The Labute approximate surface area is 226 Å². The van der Waals surface area contributed by atoms with Crippen molar-refractivity contribution in [1.29, 1.82) is 5.26 Å². The van der Waals surface area contributed by atoms with E-state index < -0.39 is 18.1 Å². The lowest BCUT2D eigenvalue weighted by Gasteiger charge is -2.16. The van der Waals surface area contributed by atoms with E-state index in [4.69, 9.17) is 11.3 Å². The Bertz CT molecular complexity index is 1980. The predicted molar refractivity (Wildman–Crippen MR) is 151 cm³/mol. The molecule has 5 aromatic rings. The molecule has 0 unspecified atom stereocenters. The monoisotopic (exact) mass is 490 g/mol. The number of aromatic nitrogens is 1. The number of pyridine rings is 1. The largest absolute Gasteiger partial charge is 0.454 e. The van der Waals surface area contributed by atoms with Crippen LogP contribution < -0.4 is 4.57 Å². The van der Waals surface area contributed by atoms with Gasteiger partial charge in [-0.1, -0.05) is 55.2 Å². The molecule has 3 nitrogen and oxygen atoms in total. The third-order valence-electron chi connectivity index (χ3n) is 8.45. The summed E-state index contributed by atoms with van der Waals surface area (Å²) in [7, 11) is 2.08. The number of furan rings is 1. The molecular formula is C34H33N2O+. The minimum atomic E-state index is -0.457. The quantitative estimate of drug-likeness (QED) is 0.238. The average molecular weight is 491 g/mol. The van der Waals surface area contributed by atoms with Gasteiger partial charge in [0.05, 0.1) is 24.0 Å². The molecule has 1 saturated carbocycles. The molecule has 3 heteroatoms. The van der Waals surface area contributed by atoms with Crippen molar-refractivity contribution in [3.63, 3.8) is 0 Å². The summed E-state index contributed by atoms with van der Waals surface area (Å²) in [6.45, 7) is 8.17. The zero-order valence-corrected chi connectivity index (χ0v) is 22.0. The Morgan fingerprint density at radius 3 is 2.32 bits per heavy atom. The fourth-order valence-electron chi connectivity index (χ4n) is 6.17. The number of hydrogen-bond acceptors (Lipinski definition) is 2. The van der Waals surface area contributed by atoms with Crippen molar-refractivity contribution in [2.24, 2.45) is 7.05 Å². The van der Waals surface area contributed by atoms with Crippen LogP contribution in [-0.2, 0) is 7.05 Å². The molecule has 2 aromatic heterocycles. The topological polar surface area (TPSA) is 40.8 Å². The summed E-state index contributed by atoms with van der Waals surface area (Å²) >= 11 is 0. The summed E-state index contributed by atoms with van der Waals surface area (Å²) in [4.78, 5) is 0. The van der Waals surface area contributed by atoms with Gasteiger partial charge in [0.2, 0.25) is 5.69 Å². The van der Waals surface area contributed by atoms with Crippen LogP contribution >= 0.6 is 0 Å². The van der Waals surface area contributed by atoms with Gasteiger partial charge >= 0.3 is 0 Å². The summed E-state index contributed by atoms with van der Waals surface area (Å²) < 4.78 is 51.0. The van der Waals surface area contributed by atoms with Crippen LogP contribution in [0.25, 0.3) is 44.3 Å². The molecular weight excluding hydrogens is 452 g/mol. The molecule has 0 bridgehead atoms. The summed E-state index contributed by atoms with van der Waals surface area (Å²) in [5.74, 6) is 0.537. The van der Waals surface area contributed by atoms with Crippen molar-refractivity contribution in [3.05, 3.63) is 88.0 Å². The molecule has 0 saturated heterocycles. The zero-order chi connectivity index (χ0) is 30.2. The first kappa shape index (κ1) is 18.4. The first-order chi connectivity index (χ1) is 20.0. The van der Waals surface area contributed by atoms with Crippen LogP contribution in [-0.4, -0.2) is 0 Å². The summed E-state index contributed by atoms with van der Waals surface area (Å²) in [5, 5.41) is 11.6. The highest BCUT2D eigenvalue weighted by atomic mass is 16.3. The maximum atomic E-state index is 10.1. The van der Waals surface area contributed by atoms with Crippen LogP contribution in [0.5, 0.6) is 0 Å². The molecule has 0 radical (unpaired) electrons. The van der Waals surface area contributed by atoms with Gasteiger partial charge in [0.15, 0.2) is 5.69 Å². The summed E-state index contributed by atoms with van der Waals surface area (Å²) in [6, 6.07) is 8.47. The van der Waals surface area contributed by atoms with E-state index in [0.29, 0.717) is 39.2 Å². The van der Waals surface area contributed by atoms with Gasteiger partial charge in [-0.25, -0.2) is 0 Å². The normalized spacial score (nSPS) is 15.9. The van der Waals surface area contributed by atoms with Crippen molar-refractivity contribution in [2.75, 3.05) is 0 Å². The zero-order valence-electron chi connectivity index (χ0n) is 27.0. The smallest absolute Gasteiger partial charge is 0.216 e. The maximum Gasteiger partial charge on any atom is 0.216 e. The molecule has 1 aliphatic carbocycles. The molecule has 184 valence electrons. The highest BCUT2D eigenvalue weighted by Gasteiger charge is 2.29. The van der Waals surface area contributed by atoms with E-state index in [0.717, 1.165) is 22.2 Å². The van der Waals surface area contributed by atoms with Gasteiger partial charge < -0.3 is 4.42 Å². The van der Waals surface area contributed by atoms with Crippen molar-refractivity contribution in [1.82, 2.24) is 0 Å². The molecule has 0 aliphatic heterocycles. The van der Waals surface area contributed by atoms with E-state index in [1.54, 1.807) is 13.0 Å². The third-order valence-corrected chi connectivity index (χ3v) is 8.45. The first-order valence-electron chi connectivity index (χ1n) is 15.4.